The first kappa shape index (κ1) is 39.8. The third-order valence-electron chi connectivity index (χ3n) is 8.07. The van der Waals surface area contributed by atoms with Crippen LogP contribution in [0.25, 0.3) is 17.0 Å². The Morgan fingerprint density at radius 2 is 1.60 bits per heavy atom. The number of carbonyl (C=O) groups is 3. The van der Waals surface area contributed by atoms with Gasteiger partial charge in [0.2, 0.25) is 0 Å². The third kappa shape index (κ3) is 11.8. The molecule has 4 rings (SSSR count). The molecule has 1 aliphatic carbocycles. The average Bonchev–Trinajstić information content (AvgIpc) is 3.28. The smallest absolute Gasteiger partial charge is 0.748 e. The summed E-state index contributed by atoms with van der Waals surface area (Å²) in [5, 5.41) is 4.61. The number of amides is 2. The maximum absolute atomic E-state index is 12.1. The van der Waals surface area contributed by atoms with Gasteiger partial charge in [-0.3, -0.25) is 9.59 Å². The van der Waals surface area contributed by atoms with Crippen molar-refractivity contribution in [1.82, 2.24) is 10.4 Å². The van der Waals surface area contributed by atoms with Gasteiger partial charge < -0.3 is 24.2 Å². The Bertz CT molecular complexity index is 1750. The molecular formula is C31H40N3NaO11S2. The number of hydrogen-bond donors (Lipinski definition) is 1. The molecule has 48 heavy (non-hydrogen) atoms. The number of unbranched alkanes of at least 4 members (excludes halogenated alkanes) is 2. The van der Waals surface area contributed by atoms with E-state index in [0.29, 0.717) is 61.7 Å². The van der Waals surface area contributed by atoms with E-state index < -0.39 is 49.5 Å². The monoisotopic (exact) mass is 717 g/mol. The van der Waals surface area contributed by atoms with Crippen molar-refractivity contribution in [3.63, 3.8) is 0 Å². The van der Waals surface area contributed by atoms with Crippen molar-refractivity contribution in [2.24, 2.45) is 0 Å². The van der Waals surface area contributed by atoms with E-state index >= 15 is 0 Å². The molecule has 14 nitrogen and oxygen atoms in total. The summed E-state index contributed by atoms with van der Waals surface area (Å²) in [6.07, 6.45) is 4.57. The zero-order chi connectivity index (χ0) is 34.4. The molecular weight excluding hydrogens is 677 g/mol. The van der Waals surface area contributed by atoms with Gasteiger partial charge in [-0.15, -0.1) is 5.06 Å². The largest absolute Gasteiger partial charge is 1.00 e. The van der Waals surface area contributed by atoms with E-state index in [1.165, 1.54) is 0 Å². The zero-order valence-electron chi connectivity index (χ0n) is 27.5. The van der Waals surface area contributed by atoms with Gasteiger partial charge in [-0.25, -0.2) is 26.0 Å². The molecule has 0 spiro atoms. The second kappa shape index (κ2) is 16.9. The third-order valence-corrected chi connectivity index (χ3v) is 9.65. The number of fused-ring (bicyclic) bond motifs is 2. The summed E-state index contributed by atoms with van der Waals surface area (Å²) in [5.74, 6) is -2.06. The molecule has 0 saturated carbocycles. The Morgan fingerprint density at radius 3 is 2.27 bits per heavy atom. The van der Waals surface area contributed by atoms with Crippen LogP contribution in [0.1, 0.15) is 83.0 Å². The van der Waals surface area contributed by atoms with Crippen LogP contribution in [0.15, 0.2) is 34.4 Å². The minimum absolute atomic E-state index is 0. The number of rotatable bonds is 17. The number of anilines is 1. The molecule has 2 aliphatic rings. The first-order chi connectivity index (χ1) is 22.0. The number of nitrogens with zero attached hydrogens (tertiary/aromatic N) is 2. The Hall–Kier alpha value is -2.60. The fourth-order valence-electron chi connectivity index (χ4n) is 5.71. The van der Waals surface area contributed by atoms with Gasteiger partial charge in [0.1, 0.15) is 0 Å². The molecule has 2 heterocycles. The van der Waals surface area contributed by atoms with Gasteiger partial charge in [0.25, 0.3) is 11.8 Å². The summed E-state index contributed by atoms with van der Waals surface area (Å²) < 4.78 is 73.0. The Labute approximate surface area is 303 Å². The molecule has 1 aliphatic heterocycles. The first-order valence-electron chi connectivity index (χ1n) is 15.6. The number of hydroxylamine groups is 2. The predicted octanol–water partition coefficient (Wildman–Crippen LogP) is 0.174. The number of nitrogens with one attached hydrogen (secondary N) is 1. The molecule has 2 aromatic rings. The molecule has 1 aromatic carbocycles. The van der Waals surface area contributed by atoms with E-state index in [9.17, 15) is 40.3 Å². The first-order valence-corrected chi connectivity index (χ1v) is 18.7. The summed E-state index contributed by atoms with van der Waals surface area (Å²) in [5.41, 5.74) is 2.90. The van der Waals surface area contributed by atoms with Crippen molar-refractivity contribution >= 4 is 60.8 Å². The maximum atomic E-state index is 12.1. The van der Waals surface area contributed by atoms with Crippen LogP contribution < -0.4 is 39.8 Å². The summed E-state index contributed by atoms with van der Waals surface area (Å²) in [6, 6.07) is 7.73. The molecule has 1 saturated heterocycles. The van der Waals surface area contributed by atoms with Crippen molar-refractivity contribution in [3.8, 4) is 0 Å². The molecule has 0 bridgehead atoms. The van der Waals surface area contributed by atoms with E-state index in [1.807, 2.05) is 29.2 Å². The van der Waals surface area contributed by atoms with Gasteiger partial charge in [0.15, 0.2) is 0 Å². The number of carbonyl (C=O) groups excluding carboxylic acids is 3. The minimum atomic E-state index is -4.39. The molecule has 0 radical (unpaired) electrons. The Morgan fingerprint density at radius 1 is 0.958 bits per heavy atom. The molecule has 2 amide bonds. The van der Waals surface area contributed by atoms with Gasteiger partial charge in [-0.2, -0.15) is 0 Å². The average molecular weight is 718 g/mol. The van der Waals surface area contributed by atoms with Gasteiger partial charge in [0.05, 0.1) is 43.3 Å². The molecule has 1 N–H and O–H groups in total. The van der Waals surface area contributed by atoms with Crippen LogP contribution in [-0.4, -0.2) is 79.9 Å². The number of allylic oxidation sites excluding steroid dienone is 1. The van der Waals surface area contributed by atoms with Crippen LogP contribution in [0, 0.1) is 0 Å². The van der Waals surface area contributed by atoms with Gasteiger partial charge in [0, 0.05) is 67.2 Å². The van der Waals surface area contributed by atoms with Crippen molar-refractivity contribution in [1.29, 1.82) is 0 Å². The van der Waals surface area contributed by atoms with Crippen LogP contribution >= 0.6 is 0 Å². The van der Waals surface area contributed by atoms with Crippen LogP contribution in [0.3, 0.4) is 0 Å². The van der Waals surface area contributed by atoms with E-state index in [0.717, 1.165) is 22.3 Å². The van der Waals surface area contributed by atoms with E-state index in [2.05, 4.69) is 25.2 Å². The molecule has 0 unspecified atom stereocenters. The Kier molecular flexibility index (Phi) is 14.0. The summed E-state index contributed by atoms with van der Waals surface area (Å²) in [4.78, 5) is 42.3. The van der Waals surface area contributed by atoms with Crippen LogP contribution in [0.4, 0.5) is 5.69 Å². The number of imide groups is 1. The van der Waals surface area contributed by atoms with Crippen LogP contribution in [0.5, 0.6) is 0 Å². The van der Waals surface area contributed by atoms with Crippen molar-refractivity contribution < 1.29 is 79.1 Å². The molecule has 258 valence electrons. The minimum Gasteiger partial charge on any atom is -0.748 e. The second-order valence-electron chi connectivity index (χ2n) is 12.5. The topological polar surface area (TPSA) is 205 Å². The Balaban J connectivity index is 0.00000625. The van der Waals surface area contributed by atoms with Crippen molar-refractivity contribution in [2.75, 3.05) is 36.0 Å². The summed E-state index contributed by atoms with van der Waals surface area (Å²) in [7, 11) is -8.68. The zero-order valence-corrected chi connectivity index (χ0v) is 31.1. The van der Waals surface area contributed by atoms with Crippen LogP contribution in [-0.2, 0) is 44.9 Å². The quantitative estimate of drug-likeness (QED) is 0.0763. The second-order valence-corrected chi connectivity index (χ2v) is 15.5. The normalized spacial score (nSPS) is 15.9. The SMILES string of the molecule is CC1(C)CC(NCCCS(=O)(=O)[O-])=Cc2[o+]c3cc(N(CCCCCC(=O)ON4C(=O)CCC4=O)CCCS(=O)(=O)[O-])ccc3cc21.[Na+]. The molecule has 17 heteroatoms. The summed E-state index contributed by atoms with van der Waals surface area (Å²) >= 11 is 0. The molecule has 1 aromatic heterocycles. The van der Waals surface area contributed by atoms with Crippen molar-refractivity contribution in [2.45, 2.75) is 77.0 Å². The van der Waals surface area contributed by atoms with Crippen LogP contribution in [0.2, 0.25) is 0 Å². The maximum Gasteiger partial charge on any atom is 1.00 e. The predicted molar refractivity (Wildman–Crippen MR) is 170 cm³/mol. The fraction of sp³-hybridized carbons (Fsp3) is 0.548. The van der Waals surface area contributed by atoms with Gasteiger partial charge >= 0.3 is 46.9 Å². The van der Waals surface area contributed by atoms with Gasteiger partial charge in [-0.05, 0) is 50.3 Å². The molecule has 0 atom stereocenters. The van der Waals surface area contributed by atoms with Gasteiger partial charge in [-0.1, -0.05) is 20.3 Å². The fourth-order valence-corrected chi connectivity index (χ4v) is 6.69. The molecule has 1 fully saturated rings. The number of benzene rings is 1. The number of hydrogen-bond acceptors (Lipinski definition) is 12. The standard InChI is InChI=1S/C31H41N3O11S2.Na/c1-31(2)21-23(32-13-6-16-46(38,39)40)19-27-25(31)18-22-9-10-24(20-26(22)44-27)33(15-7-17-47(41,42)43)14-5-3-4-8-30(37)45-34-28(35)11-12-29(34)36;/h9-10,18-20,32H,3-8,11-17,21H2,1-2H3,(H-,38,39,40,41,42,43);/q;+1/p-1. The van der Waals surface area contributed by atoms with E-state index in [-0.39, 0.29) is 67.1 Å². The van der Waals surface area contributed by atoms with E-state index in [4.69, 9.17) is 9.25 Å². The van der Waals surface area contributed by atoms with E-state index in [1.54, 1.807) is 0 Å². The van der Waals surface area contributed by atoms with Crippen molar-refractivity contribution in [3.05, 3.63) is 41.3 Å². The summed E-state index contributed by atoms with van der Waals surface area (Å²) in [6.45, 7) is 5.26.